The fourth-order valence-corrected chi connectivity index (χ4v) is 3.83. The molecule has 3 rings (SSSR count). The topological polar surface area (TPSA) is 15.3 Å². The molecule has 1 atom stereocenters. The molecule has 1 spiro atoms. The van der Waals surface area contributed by atoms with E-state index < -0.39 is 0 Å². The number of nitrogens with one attached hydrogen (secondary N) is 1. The molecular formula is C17H26ClFN2. The first-order valence-electron chi connectivity index (χ1n) is 7.85. The van der Waals surface area contributed by atoms with Crippen molar-refractivity contribution in [3.8, 4) is 0 Å². The molecule has 118 valence electrons. The highest BCUT2D eigenvalue weighted by Crippen LogP contribution is 2.39. The van der Waals surface area contributed by atoms with Crippen LogP contribution < -0.4 is 5.32 Å². The van der Waals surface area contributed by atoms with Crippen molar-refractivity contribution in [1.82, 2.24) is 10.2 Å². The Labute approximate surface area is 133 Å². The van der Waals surface area contributed by atoms with E-state index in [0.717, 1.165) is 6.54 Å². The molecule has 2 nitrogen and oxygen atoms in total. The average Bonchev–Trinajstić information content (AvgIpc) is 2.83. The number of halogens is 2. The summed E-state index contributed by atoms with van der Waals surface area (Å²) in [5.74, 6) is 0.336. The molecular weight excluding hydrogens is 287 g/mol. The van der Waals surface area contributed by atoms with Gasteiger partial charge in [0.25, 0.3) is 0 Å². The van der Waals surface area contributed by atoms with Crippen LogP contribution in [0.25, 0.3) is 0 Å². The van der Waals surface area contributed by atoms with E-state index >= 15 is 0 Å². The number of likely N-dealkylation sites (tertiary alicyclic amines) is 1. The van der Waals surface area contributed by atoms with Crippen molar-refractivity contribution in [2.24, 2.45) is 5.41 Å². The van der Waals surface area contributed by atoms with E-state index in [1.54, 1.807) is 12.1 Å². The third-order valence-electron chi connectivity index (χ3n) is 5.15. The molecule has 4 heteroatoms. The zero-order valence-corrected chi connectivity index (χ0v) is 13.6. The predicted molar refractivity (Wildman–Crippen MR) is 87.7 cm³/mol. The van der Waals surface area contributed by atoms with Gasteiger partial charge in [-0.05, 0) is 67.9 Å². The van der Waals surface area contributed by atoms with Crippen molar-refractivity contribution in [2.75, 3.05) is 32.7 Å². The fraction of sp³-hybridized carbons (Fsp3) is 0.647. The second-order valence-corrected chi connectivity index (χ2v) is 6.69. The molecule has 1 N–H and O–H groups in total. The number of hydrogen-bond acceptors (Lipinski definition) is 2. The Balaban J connectivity index is 0.00000161. The summed E-state index contributed by atoms with van der Waals surface area (Å²) in [6.07, 6.45) is 4.01. The molecule has 1 aromatic carbocycles. The van der Waals surface area contributed by atoms with E-state index in [-0.39, 0.29) is 18.2 Å². The van der Waals surface area contributed by atoms with Crippen molar-refractivity contribution in [1.29, 1.82) is 0 Å². The molecule has 0 radical (unpaired) electrons. The molecule has 2 heterocycles. The SMILES string of the molecule is CC(CN1CCC2(CCNCC2)C1)c1ccc(F)cc1.Cl. The van der Waals surface area contributed by atoms with Crippen molar-refractivity contribution < 1.29 is 4.39 Å². The van der Waals surface area contributed by atoms with Gasteiger partial charge in [0.15, 0.2) is 0 Å². The van der Waals surface area contributed by atoms with Crippen LogP contribution in [0.2, 0.25) is 0 Å². The first-order valence-corrected chi connectivity index (χ1v) is 7.85. The quantitative estimate of drug-likeness (QED) is 0.920. The lowest BCUT2D eigenvalue weighted by Gasteiger charge is -2.34. The molecule has 0 saturated carbocycles. The van der Waals surface area contributed by atoms with Gasteiger partial charge in [-0.3, -0.25) is 0 Å². The summed E-state index contributed by atoms with van der Waals surface area (Å²) in [4.78, 5) is 2.61. The van der Waals surface area contributed by atoms with Gasteiger partial charge in [-0.15, -0.1) is 12.4 Å². The lowest BCUT2D eigenvalue weighted by Crippen LogP contribution is -2.39. The van der Waals surface area contributed by atoms with Gasteiger partial charge in [-0.25, -0.2) is 4.39 Å². The zero-order chi connectivity index (χ0) is 14.0. The standard InChI is InChI=1S/C17H25FN2.ClH/c1-14(15-2-4-16(18)5-3-15)12-20-11-8-17(13-20)6-9-19-10-7-17;/h2-5,14,19H,6-13H2,1H3;1H. The Bertz CT molecular complexity index is 443. The summed E-state index contributed by atoms with van der Waals surface area (Å²) in [5.41, 5.74) is 1.82. The van der Waals surface area contributed by atoms with Crippen LogP contribution in [0.5, 0.6) is 0 Å². The van der Waals surface area contributed by atoms with Gasteiger partial charge in [0, 0.05) is 13.1 Å². The normalized spacial score (nSPS) is 23.0. The van der Waals surface area contributed by atoms with Crippen LogP contribution in [0.3, 0.4) is 0 Å². The largest absolute Gasteiger partial charge is 0.317 e. The van der Waals surface area contributed by atoms with E-state index in [2.05, 4.69) is 17.1 Å². The smallest absolute Gasteiger partial charge is 0.123 e. The van der Waals surface area contributed by atoms with Crippen molar-refractivity contribution in [3.63, 3.8) is 0 Å². The van der Waals surface area contributed by atoms with Gasteiger partial charge in [-0.2, -0.15) is 0 Å². The molecule has 2 saturated heterocycles. The Hall–Kier alpha value is -0.640. The number of hydrogen-bond donors (Lipinski definition) is 1. The van der Waals surface area contributed by atoms with E-state index in [0.29, 0.717) is 11.3 Å². The predicted octanol–water partition coefficient (Wildman–Crippen LogP) is 3.43. The Morgan fingerprint density at radius 1 is 1.19 bits per heavy atom. The minimum atomic E-state index is -0.143. The van der Waals surface area contributed by atoms with Crippen molar-refractivity contribution in [2.45, 2.75) is 32.1 Å². The Morgan fingerprint density at radius 3 is 2.52 bits per heavy atom. The fourth-order valence-electron chi connectivity index (χ4n) is 3.83. The van der Waals surface area contributed by atoms with E-state index in [4.69, 9.17) is 0 Å². The summed E-state index contributed by atoms with van der Waals surface area (Å²) in [6.45, 7) is 8.19. The van der Waals surface area contributed by atoms with Crippen molar-refractivity contribution in [3.05, 3.63) is 35.6 Å². The molecule has 0 bridgehead atoms. The summed E-state index contributed by atoms with van der Waals surface area (Å²) >= 11 is 0. The monoisotopic (exact) mass is 312 g/mol. The van der Waals surface area contributed by atoms with E-state index in [1.165, 1.54) is 51.0 Å². The van der Waals surface area contributed by atoms with Crippen molar-refractivity contribution >= 4 is 12.4 Å². The Kier molecular flexibility index (Phi) is 5.64. The average molecular weight is 313 g/mol. The lowest BCUT2D eigenvalue weighted by atomic mass is 9.78. The molecule has 2 aliphatic heterocycles. The maximum absolute atomic E-state index is 13.0. The molecule has 2 aliphatic rings. The van der Waals surface area contributed by atoms with Gasteiger partial charge in [0.2, 0.25) is 0 Å². The number of rotatable bonds is 3. The maximum Gasteiger partial charge on any atom is 0.123 e. The van der Waals surface area contributed by atoms with Gasteiger partial charge in [0.05, 0.1) is 0 Å². The Morgan fingerprint density at radius 2 is 1.86 bits per heavy atom. The summed E-state index contributed by atoms with van der Waals surface area (Å²) < 4.78 is 13.0. The van der Waals surface area contributed by atoms with Crippen LogP contribution in [0.1, 0.15) is 37.7 Å². The van der Waals surface area contributed by atoms with Crippen LogP contribution in [-0.2, 0) is 0 Å². The third-order valence-corrected chi connectivity index (χ3v) is 5.15. The van der Waals surface area contributed by atoms with Gasteiger partial charge in [0.1, 0.15) is 5.82 Å². The molecule has 21 heavy (non-hydrogen) atoms. The second-order valence-electron chi connectivity index (χ2n) is 6.69. The van der Waals surface area contributed by atoms with Gasteiger partial charge < -0.3 is 10.2 Å². The number of piperidine rings is 1. The zero-order valence-electron chi connectivity index (χ0n) is 12.8. The van der Waals surface area contributed by atoms with Gasteiger partial charge in [-0.1, -0.05) is 19.1 Å². The van der Waals surface area contributed by atoms with E-state index in [1.807, 2.05) is 12.1 Å². The minimum Gasteiger partial charge on any atom is -0.317 e. The lowest BCUT2D eigenvalue weighted by molar-refractivity contribution is 0.193. The molecule has 2 fully saturated rings. The highest BCUT2D eigenvalue weighted by atomic mass is 35.5. The summed E-state index contributed by atoms with van der Waals surface area (Å²) in [5, 5.41) is 3.47. The summed E-state index contributed by atoms with van der Waals surface area (Å²) in [7, 11) is 0. The molecule has 0 aliphatic carbocycles. The molecule has 0 amide bonds. The second kappa shape index (κ2) is 7.08. The first-order chi connectivity index (χ1) is 9.67. The highest BCUT2D eigenvalue weighted by molar-refractivity contribution is 5.85. The minimum absolute atomic E-state index is 0. The first kappa shape index (κ1) is 16.7. The number of nitrogens with zero attached hydrogens (tertiary/aromatic N) is 1. The van der Waals surface area contributed by atoms with Crippen LogP contribution in [-0.4, -0.2) is 37.6 Å². The molecule has 1 unspecified atom stereocenters. The van der Waals surface area contributed by atoms with Crippen LogP contribution >= 0.6 is 12.4 Å². The molecule has 1 aromatic rings. The van der Waals surface area contributed by atoms with Crippen LogP contribution in [0.15, 0.2) is 24.3 Å². The maximum atomic E-state index is 13.0. The third kappa shape index (κ3) is 3.97. The van der Waals surface area contributed by atoms with Gasteiger partial charge >= 0.3 is 0 Å². The van der Waals surface area contributed by atoms with E-state index in [9.17, 15) is 4.39 Å². The number of benzene rings is 1. The highest BCUT2D eigenvalue weighted by Gasteiger charge is 2.38. The molecule has 0 aromatic heterocycles. The van der Waals surface area contributed by atoms with Crippen LogP contribution in [0, 0.1) is 11.2 Å². The van der Waals surface area contributed by atoms with Crippen LogP contribution in [0.4, 0.5) is 4.39 Å². The summed E-state index contributed by atoms with van der Waals surface area (Å²) in [6, 6.07) is 7.00.